The molecule has 0 aliphatic carbocycles. The number of hydrogen-bond donors (Lipinski definition) is 1. The summed E-state index contributed by atoms with van der Waals surface area (Å²) in [6.45, 7) is 7.53. The number of aromatic nitrogens is 1. The Labute approximate surface area is 80.7 Å². The second kappa shape index (κ2) is 4.47. The number of nitrogens with zero attached hydrogens (tertiary/aromatic N) is 1. The number of nitrogens with two attached hydrogens (primary N) is 1. The zero-order valence-corrected chi connectivity index (χ0v) is 8.83. The van der Waals surface area contributed by atoms with Crippen molar-refractivity contribution >= 4 is 0 Å². The molecule has 2 heteroatoms. The summed E-state index contributed by atoms with van der Waals surface area (Å²) in [4.78, 5) is 0. The first-order chi connectivity index (χ1) is 6.15. The first-order valence-corrected chi connectivity index (χ1v) is 5.04. The molecule has 2 nitrogen and oxygen atoms in total. The Bertz CT molecular complexity index is 250. The molecule has 2 N–H and O–H groups in total. The third-order valence-corrected chi connectivity index (χ3v) is 2.57. The van der Waals surface area contributed by atoms with Gasteiger partial charge in [-0.05, 0) is 25.0 Å². The largest absolute Gasteiger partial charge is 0.352 e. The molecule has 0 saturated heterocycles. The quantitative estimate of drug-likeness (QED) is 0.755. The molecule has 13 heavy (non-hydrogen) atoms. The van der Waals surface area contributed by atoms with E-state index in [4.69, 9.17) is 5.73 Å². The molecule has 1 atom stereocenters. The van der Waals surface area contributed by atoms with Gasteiger partial charge in [0.05, 0.1) is 0 Å². The predicted molar refractivity (Wildman–Crippen MR) is 56.6 cm³/mol. The third kappa shape index (κ3) is 2.59. The summed E-state index contributed by atoms with van der Waals surface area (Å²) in [5.74, 6) is 0.556. The van der Waals surface area contributed by atoms with Crippen molar-refractivity contribution in [3.63, 3.8) is 0 Å². The highest BCUT2D eigenvalue weighted by atomic mass is 15.0. The van der Waals surface area contributed by atoms with Gasteiger partial charge in [-0.2, -0.15) is 0 Å². The second-order valence-corrected chi connectivity index (χ2v) is 3.90. The fourth-order valence-corrected chi connectivity index (χ4v) is 1.42. The monoisotopic (exact) mass is 180 g/mol. The van der Waals surface area contributed by atoms with Crippen molar-refractivity contribution in [1.29, 1.82) is 0 Å². The standard InChI is InChI=1S/C11H20N2/c1-4-13-7-5-6-10(13)8-11(12)9(2)3/h5-7,9,11H,4,8,12H2,1-3H3. The maximum absolute atomic E-state index is 6.02. The molecule has 0 amide bonds. The minimum atomic E-state index is 0.278. The fourth-order valence-electron chi connectivity index (χ4n) is 1.42. The van der Waals surface area contributed by atoms with Gasteiger partial charge in [0.25, 0.3) is 0 Å². The molecule has 0 aliphatic rings. The summed E-state index contributed by atoms with van der Waals surface area (Å²) < 4.78 is 2.25. The Morgan fingerprint density at radius 3 is 2.69 bits per heavy atom. The Balaban J connectivity index is 2.62. The second-order valence-electron chi connectivity index (χ2n) is 3.90. The Kier molecular flexibility index (Phi) is 3.55. The average Bonchev–Trinajstić information content (AvgIpc) is 2.51. The van der Waals surface area contributed by atoms with E-state index < -0.39 is 0 Å². The lowest BCUT2D eigenvalue weighted by Gasteiger charge is -2.16. The molecule has 74 valence electrons. The number of aryl methyl sites for hydroxylation is 1. The van der Waals surface area contributed by atoms with Gasteiger partial charge in [-0.25, -0.2) is 0 Å². The van der Waals surface area contributed by atoms with Crippen LogP contribution in [0.4, 0.5) is 0 Å². The highest BCUT2D eigenvalue weighted by molar-refractivity contribution is 5.08. The van der Waals surface area contributed by atoms with Crippen LogP contribution in [0.15, 0.2) is 18.3 Å². The number of rotatable bonds is 4. The summed E-state index contributed by atoms with van der Waals surface area (Å²) in [6, 6.07) is 4.53. The average molecular weight is 180 g/mol. The molecule has 0 aromatic carbocycles. The fraction of sp³-hybridized carbons (Fsp3) is 0.636. The van der Waals surface area contributed by atoms with Crippen LogP contribution in [0, 0.1) is 5.92 Å². The third-order valence-electron chi connectivity index (χ3n) is 2.57. The minimum Gasteiger partial charge on any atom is -0.352 e. The predicted octanol–water partition coefficient (Wildman–Crippen LogP) is 2.03. The van der Waals surface area contributed by atoms with Gasteiger partial charge in [-0.3, -0.25) is 0 Å². The van der Waals surface area contributed by atoms with Crippen molar-refractivity contribution in [3.8, 4) is 0 Å². The van der Waals surface area contributed by atoms with Gasteiger partial charge < -0.3 is 10.3 Å². The maximum atomic E-state index is 6.02. The van der Waals surface area contributed by atoms with Gasteiger partial charge >= 0.3 is 0 Å². The minimum absolute atomic E-state index is 0.278. The molecule has 1 aromatic heterocycles. The zero-order valence-electron chi connectivity index (χ0n) is 8.83. The van der Waals surface area contributed by atoms with Crippen molar-refractivity contribution < 1.29 is 0 Å². The summed E-state index contributed by atoms with van der Waals surface area (Å²) in [6.07, 6.45) is 3.10. The highest BCUT2D eigenvalue weighted by Gasteiger charge is 2.10. The van der Waals surface area contributed by atoms with Crippen LogP contribution in [-0.4, -0.2) is 10.6 Å². The van der Waals surface area contributed by atoms with Gasteiger partial charge in [0.15, 0.2) is 0 Å². The van der Waals surface area contributed by atoms with Crippen molar-refractivity contribution in [1.82, 2.24) is 4.57 Å². The van der Waals surface area contributed by atoms with E-state index in [2.05, 4.69) is 43.7 Å². The van der Waals surface area contributed by atoms with E-state index in [-0.39, 0.29) is 6.04 Å². The summed E-state index contributed by atoms with van der Waals surface area (Å²) in [5, 5.41) is 0. The zero-order chi connectivity index (χ0) is 9.84. The SMILES string of the molecule is CCn1cccc1CC(N)C(C)C. The molecule has 1 rings (SSSR count). The van der Waals surface area contributed by atoms with E-state index in [1.165, 1.54) is 5.69 Å². The van der Waals surface area contributed by atoms with Crippen molar-refractivity contribution in [2.24, 2.45) is 11.7 Å². The molecule has 0 spiro atoms. The Morgan fingerprint density at radius 2 is 2.15 bits per heavy atom. The van der Waals surface area contributed by atoms with Gasteiger partial charge in [0, 0.05) is 30.9 Å². The molecule has 0 saturated carbocycles. The molecular weight excluding hydrogens is 160 g/mol. The van der Waals surface area contributed by atoms with Crippen LogP contribution < -0.4 is 5.73 Å². The first-order valence-electron chi connectivity index (χ1n) is 5.04. The first kappa shape index (κ1) is 10.3. The van der Waals surface area contributed by atoms with E-state index in [1.54, 1.807) is 0 Å². The van der Waals surface area contributed by atoms with Gasteiger partial charge in [0.1, 0.15) is 0 Å². The molecule has 0 fully saturated rings. The van der Waals surface area contributed by atoms with E-state index in [0.29, 0.717) is 5.92 Å². The topological polar surface area (TPSA) is 30.9 Å². The van der Waals surface area contributed by atoms with Crippen molar-refractivity contribution in [2.75, 3.05) is 0 Å². The van der Waals surface area contributed by atoms with E-state index in [9.17, 15) is 0 Å². The van der Waals surface area contributed by atoms with E-state index >= 15 is 0 Å². The van der Waals surface area contributed by atoms with Crippen LogP contribution in [0.1, 0.15) is 26.5 Å². The molecular formula is C11H20N2. The molecule has 1 heterocycles. The van der Waals surface area contributed by atoms with Crippen molar-refractivity contribution in [3.05, 3.63) is 24.0 Å². The summed E-state index contributed by atoms with van der Waals surface area (Å²) in [5.41, 5.74) is 7.37. The lowest BCUT2D eigenvalue weighted by atomic mass is 10.0. The van der Waals surface area contributed by atoms with Crippen LogP contribution in [0.2, 0.25) is 0 Å². The van der Waals surface area contributed by atoms with Gasteiger partial charge in [-0.15, -0.1) is 0 Å². The van der Waals surface area contributed by atoms with Gasteiger partial charge in [0.2, 0.25) is 0 Å². The van der Waals surface area contributed by atoms with E-state index in [0.717, 1.165) is 13.0 Å². The van der Waals surface area contributed by atoms with Crippen LogP contribution in [0.3, 0.4) is 0 Å². The van der Waals surface area contributed by atoms with Crippen LogP contribution in [0.5, 0.6) is 0 Å². The Hall–Kier alpha value is -0.760. The smallest absolute Gasteiger partial charge is 0.0193 e. The van der Waals surface area contributed by atoms with Gasteiger partial charge in [-0.1, -0.05) is 13.8 Å². The summed E-state index contributed by atoms with van der Waals surface area (Å²) in [7, 11) is 0. The van der Waals surface area contributed by atoms with Crippen LogP contribution >= 0.6 is 0 Å². The maximum Gasteiger partial charge on any atom is 0.0193 e. The highest BCUT2D eigenvalue weighted by Crippen LogP contribution is 2.09. The molecule has 0 bridgehead atoms. The molecule has 0 aliphatic heterocycles. The van der Waals surface area contributed by atoms with Crippen molar-refractivity contribution in [2.45, 2.75) is 39.8 Å². The Morgan fingerprint density at radius 1 is 1.46 bits per heavy atom. The lowest BCUT2D eigenvalue weighted by molar-refractivity contribution is 0.478. The normalized spacial score (nSPS) is 13.6. The number of hydrogen-bond acceptors (Lipinski definition) is 1. The van der Waals surface area contributed by atoms with E-state index in [1.807, 2.05) is 0 Å². The van der Waals surface area contributed by atoms with Crippen LogP contribution in [-0.2, 0) is 13.0 Å². The van der Waals surface area contributed by atoms with Crippen LogP contribution in [0.25, 0.3) is 0 Å². The molecule has 1 aromatic rings. The lowest BCUT2D eigenvalue weighted by Crippen LogP contribution is -2.29. The summed E-state index contributed by atoms with van der Waals surface area (Å²) >= 11 is 0. The molecule has 1 unspecified atom stereocenters. The molecule has 0 radical (unpaired) electrons.